The van der Waals surface area contributed by atoms with E-state index in [0.29, 0.717) is 0 Å². The molecule has 0 aliphatic carbocycles. The topological polar surface area (TPSA) is 43.8 Å². The number of benzene rings is 1. The molecule has 0 fully saturated rings. The average molecular weight is 189 g/mol. The first-order valence-corrected chi connectivity index (χ1v) is 4.86. The largest absolute Gasteiger partial charge is 0.326 e. The Morgan fingerprint density at radius 1 is 1.43 bits per heavy atom. The summed E-state index contributed by atoms with van der Waals surface area (Å²) in [5.41, 5.74) is 8.00. The number of nitrogens with zero attached hydrogens (tertiary/aromatic N) is 2. The predicted molar refractivity (Wildman–Crippen MR) is 58.1 cm³/mol. The molecule has 1 atom stereocenters. The van der Waals surface area contributed by atoms with E-state index in [-0.39, 0.29) is 6.04 Å². The van der Waals surface area contributed by atoms with E-state index in [0.717, 1.165) is 12.2 Å². The number of nitrogens with two attached hydrogens (primary N) is 1. The van der Waals surface area contributed by atoms with Gasteiger partial charge in [0.05, 0.1) is 17.8 Å². The van der Waals surface area contributed by atoms with Gasteiger partial charge in [-0.3, -0.25) is 4.68 Å². The first-order valence-electron chi connectivity index (χ1n) is 4.86. The molecule has 1 unspecified atom stereocenters. The fourth-order valence-corrected chi connectivity index (χ4v) is 1.71. The molecule has 1 heterocycles. The third-order valence-corrected chi connectivity index (χ3v) is 2.30. The van der Waals surface area contributed by atoms with Crippen LogP contribution in [-0.4, -0.2) is 15.8 Å². The molecular weight excluding hydrogens is 174 g/mol. The van der Waals surface area contributed by atoms with Gasteiger partial charge in [-0.25, -0.2) is 0 Å². The van der Waals surface area contributed by atoms with Gasteiger partial charge in [0.1, 0.15) is 0 Å². The molecule has 2 aromatic rings. The van der Waals surface area contributed by atoms with Crippen LogP contribution in [0.15, 0.2) is 24.3 Å². The quantitative estimate of drug-likeness (QED) is 0.781. The lowest BCUT2D eigenvalue weighted by Gasteiger charge is -2.05. The van der Waals surface area contributed by atoms with Gasteiger partial charge in [-0.1, -0.05) is 18.2 Å². The van der Waals surface area contributed by atoms with Gasteiger partial charge in [0.25, 0.3) is 0 Å². The maximum absolute atomic E-state index is 5.76. The molecule has 74 valence electrons. The van der Waals surface area contributed by atoms with Crippen molar-refractivity contribution < 1.29 is 0 Å². The summed E-state index contributed by atoms with van der Waals surface area (Å²) in [7, 11) is 0. The van der Waals surface area contributed by atoms with Gasteiger partial charge in [-0.05, 0) is 19.9 Å². The molecule has 0 aliphatic heterocycles. The summed E-state index contributed by atoms with van der Waals surface area (Å²) in [5, 5.41) is 5.68. The van der Waals surface area contributed by atoms with E-state index in [9.17, 15) is 0 Å². The lowest BCUT2D eigenvalue weighted by molar-refractivity contribution is 0.550. The monoisotopic (exact) mass is 189 g/mol. The highest BCUT2D eigenvalue weighted by molar-refractivity contribution is 5.81. The highest BCUT2D eigenvalue weighted by atomic mass is 15.3. The lowest BCUT2D eigenvalue weighted by Crippen LogP contribution is -2.22. The van der Waals surface area contributed by atoms with Crippen molar-refractivity contribution in [2.24, 2.45) is 5.73 Å². The summed E-state index contributed by atoms with van der Waals surface area (Å²) in [6.07, 6.45) is 0. The van der Waals surface area contributed by atoms with Crippen molar-refractivity contribution in [2.45, 2.75) is 26.4 Å². The first-order chi connectivity index (χ1) is 6.68. The van der Waals surface area contributed by atoms with E-state index in [2.05, 4.69) is 17.2 Å². The smallest absolute Gasteiger partial charge is 0.0685 e. The van der Waals surface area contributed by atoms with E-state index >= 15 is 0 Å². The van der Waals surface area contributed by atoms with E-state index in [1.165, 1.54) is 10.9 Å². The van der Waals surface area contributed by atoms with Gasteiger partial charge in [0.15, 0.2) is 0 Å². The third-order valence-electron chi connectivity index (χ3n) is 2.30. The van der Waals surface area contributed by atoms with Gasteiger partial charge in [-0.2, -0.15) is 5.10 Å². The van der Waals surface area contributed by atoms with Crippen LogP contribution in [0.2, 0.25) is 0 Å². The first kappa shape index (κ1) is 9.21. The Balaban J connectivity index is 2.55. The van der Waals surface area contributed by atoms with E-state index < -0.39 is 0 Å². The Morgan fingerprint density at radius 2 is 2.14 bits per heavy atom. The SMILES string of the molecule is Cc1nn(CC(C)N)c2ccccc12. The highest BCUT2D eigenvalue weighted by Gasteiger charge is 2.06. The second kappa shape index (κ2) is 3.42. The van der Waals surface area contributed by atoms with Crippen molar-refractivity contribution in [3.8, 4) is 0 Å². The zero-order valence-electron chi connectivity index (χ0n) is 8.57. The van der Waals surface area contributed by atoms with Gasteiger partial charge in [-0.15, -0.1) is 0 Å². The molecule has 0 spiro atoms. The molecule has 2 N–H and O–H groups in total. The molecule has 0 bridgehead atoms. The number of rotatable bonds is 2. The van der Waals surface area contributed by atoms with E-state index in [1.54, 1.807) is 0 Å². The van der Waals surface area contributed by atoms with Crippen LogP contribution < -0.4 is 5.73 Å². The summed E-state index contributed by atoms with van der Waals surface area (Å²) in [4.78, 5) is 0. The molecule has 1 aromatic carbocycles. The Labute approximate surface area is 83.5 Å². The maximum Gasteiger partial charge on any atom is 0.0685 e. The standard InChI is InChI=1S/C11H15N3/c1-8(12)7-14-11-6-4-3-5-10(11)9(2)13-14/h3-6,8H,7,12H2,1-2H3. The van der Waals surface area contributed by atoms with Crippen molar-refractivity contribution in [1.29, 1.82) is 0 Å². The van der Waals surface area contributed by atoms with Crippen LogP contribution in [0.4, 0.5) is 0 Å². The normalized spacial score (nSPS) is 13.4. The fraction of sp³-hybridized carbons (Fsp3) is 0.364. The fourth-order valence-electron chi connectivity index (χ4n) is 1.71. The van der Waals surface area contributed by atoms with Crippen molar-refractivity contribution in [2.75, 3.05) is 0 Å². The third kappa shape index (κ3) is 1.51. The van der Waals surface area contributed by atoms with Gasteiger partial charge >= 0.3 is 0 Å². The van der Waals surface area contributed by atoms with Crippen LogP contribution in [0.5, 0.6) is 0 Å². The number of aromatic nitrogens is 2. The lowest BCUT2D eigenvalue weighted by atomic mass is 10.2. The van der Waals surface area contributed by atoms with Crippen molar-refractivity contribution in [3.63, 3.8) is 0 Å². The Morgan fingerprint density at radius 3 is 2.86 bits per heavy atom. The number of hydrogen-bond acceptors (Lipinski definition) is 2. The van der Waals surface area contributed by atoms with Crippen molar-refractivity contribution in [3.05, 3.63) is 30.0 Å². The molecule has 0 radical (unpaired) electrons. The zero-order chi connectivity index (χ0) is 10.1. The van der Waals surface area contributed by atoms with Crippen LogP contribution in [0.25, 0.3) is 10.9 Å². The predicted octanol–water partition coefficient (Wildman–Crippen LogP) is 1.69. The summed E-state index contributed by atoms with van der Waals surface area (Å²) in [5.74, 6) is 0. The molecule has 3 heteroatoms. The van der Waals surface area contributed by atoms with Crippen LogP contribution >= 0.6 is 0 Å². The second-order valence-corrected chi connectivity index (χ2v) is 3.76. The molecule has 0 saturated heterocycles. The molecule has 3 nitrogen and oxygen atoms in total. The Kier molecular flexibility index (Phi) is 2.25. The zero-order valence-corrected chi connectivity index (χ0v) is 8.57. The summed E-state index contributed by atoms with van der Waals surface area (Å²) < 4.78 is 1.98. The van der Waals surface area contributed by atoms with Gasteiger partial charge in [0, 0.05) is 11.4 Å². The van der Waals surface area contributed by atoms with Crippen LogP contribution in [0.3, 0.4) is 0 Å². The van der Waals surface area contributed by atoms with E-state index in [1.807, 2.05) is 30.7 Å². The van der Waals surface area contributed by atoms with Gasteiger partial charge < -0.3 is 5.73 Å². The number of para-hydroxylation sites is 1. The molecule has 1 aromatic heterocycles. The molecule has 0 aliphatic rings. The second-order valence-electron chi connectivity index (χ2n) is 3.76. The maximum atomic E-state index is 5.76. The number of fused-ring (bicyclic) bond motifs is 1. The summed E-state index contributed by atoms with van der Waals surface area (Å²) in [6.45, 7) is 4.79. The Hall–Kier alpha value is -1.35. The molecule has 2 rings (SSSR count). The van der Waals surface area contributed by atoms with Gasteiger partial charge in [0.2, 0.25) is 0 Å². The minimum Gasteiger partial charge on any atom is -0.326 e. The van der Waals surface area contributed by atoms with Crippen molar-refractivity contribution >= 4 is 10.9 Å². The molecule has 14 heavy (non-hydrogen) atoms. The minimum atomic E-state index is 0.137. The minimum absolute atomic E-state index is 0.137. The summed E-state index contributed by atoms with van der Waals surface area (Å²) >= 11 is 0. The number of hydrogen-bond donors (Lipinski definition) is 1. The van der Waals surface area contributed by atoms with Crippen LogP contribution in [-0.2, 0) is 6.54 Å². The van der Waals surface area contributed by atoms with Crippen molar-refractivity contribution in [1.82, 2.24) is 9.78 Å². The average Bonchev–Trinajstić information content (AvgIpc) is 2.44. The van der Waals surface area contributed by atoms with Crippen LogP contribution in [0.1, 0.15) is 12.6 Å². The number of aryl methyl sites for hydroxylation is 1. The molecular formula is C11H15N3. The highest BCUT2D eigenvalue weighted by Crippen LogP contribution is 2.17. The Bertz CT molecular complexity index is 443. The van der Waals surface area contributed by atoms with Crippen LogP contribution in [0, 0.1) is 6.92 Å². The molecule has 0 amide bonds. The van der Waals surface area contributed by atoms with E-state index in [4.69, 9.17) is 5.73 Å². The summed E-state index contributed by atoms with van der Waals surface area (Å²) in [6, 6.07) is 8.37. The molecule has 0 saturated carbocycles.